The maximum Gasteiger partial charge on any atom is 0.141 e. The van der Waals surface area contributed by atoms with Crippen LogP contribution in [0.25, 0.3) is 0 Å². The molecule has 0 aliphatic rings. The molecule has 0 saturated heterocycles. The Morgan fingerprint density at radius 2 is 2.27 bits per heavy atom. The van der Waals surface area contributed by atoms with Gasteiger partial charge in [0.05, 0.1) is 12.2 Å². The molecule has 3 N–H and O–H groups in total. The molecule has 0 heterocycles. The van der Waals surface area contributed by atoms with Crippen LogP contribution in [0.4, 0.5) is 4.39 Å². The lowest BCUT2D eigenvalue weighted by molar-refractivity contribution is 0.265. The molecule has 1 unspecified atom stereocenters. The maximum atomic E-state index is 13.3. The first-order valence-corrected chi connectivity index (χ1v) is 4.64. The summed E-state index contributed by atoms with van der Waals surface area (Å²) >= 11 is 0. The Morgan fingerprint density at radius 1 is 1.60 bits per heavy atom. The largest absolute Gasteiger partial charge is 0.395 e. The second-order valence-electron chi connectivity index (χ2n) is 3.52. The molecule has 15 heavy (non-hydrogen) atoms. The topological polar surface area (TPSA) is 70.0 Å². The minimum absolute atomic E-state index is 0.0359. The number of rotatable bonds is 3. The first-order valence-electron chi connectivity index (χ1n) is 4.64. The number of benzene rings is 1. The van der Waals surface area contributed by atoms with Gasteiger partial charge in [0.1, 0.15) is 11.9 Å². The van der Waals surface area contributed by atoms with Crippen LogP contribution in [0.2, 0.25) is 0 Å². The number of aliphatic hydroxyl groups excluding tert-OH is 1. The summed E-state index contributed by atoms with van der Waals surface area (Å²) in [5, 5.41) is 17.4. The summed E-state index contributed by atoms with van der Waals surface area (Å²) in [6.45, 7) is 1.65. The zero-order chi connectivity index (χ0) is 11.4. The molecule has 0 bridgehead atoms. The van der Waals surface area contributed by atoms with Gasteiger partial charge >= 0.3 is 0 Å². The molecule has 0 amide bonds. The van der Waals surface area contributed by atoms with Gasteiger partial charge in [0.15, 0.2) is 0 Å². The fraction of sp³-hybridized carbons (Fsp3) is 0.364. The van der Waals surface area contributed by atoms with Gasteiger partial charge in [0.25, 0.3) is 0 Å². The van der Waals surface area contributed by atoms with E-state index in [0.717, 1.165) is 11.1 Å². The quantitative estimate of drug-likeness (QED) is 0.774. The molecule has 1 aromatic carbocycles. The standard InChI is InChI=1S/C11H13FN2O/c1-7-2-9(5-13)11(12)4-8(7)3-10(14)6-15/h2,4,10,15H,3,6,14H2,1H3. The fourth-order valence-corrected chi connectivity index (χ4v) is 1.38. The molecule has 0 aliphatic heterocycles. The summed E-state index contributed by atoms with van der Waals surface area (Å²) in [5.74, 6) is -0.539. The molecule has 0 aliphatic carbocycles. The average Bonchev–Trinajstić information content (AvgIpc) is 2.22. The smallest absolute Gasteiger partial charge is 0.141 e. The van der Waals surface area contributed by atoms with E-state index in [1.807, 2.05) is 0 Å². The Labute approximate surface area is 87.9 Å². The summed E-state index contributed by atoms with van der Waals surface area (Å²) in [6, 6.07) is 4.19. The van der Waals surface area contributed by atoms with E-state index in [1.165, 1.54) is 12.1 Å². The lowest BCUT2D eigenvalue weighted by atomic mass is 9.99. The van der Waals surface area contributed by atoms with E-state index in [-0.39, 0.29) is 12.2 Å². The van der Waals surface area contributed by atoms with E-state index in [1.54, 1.807) is 13.0 Å². The Balaban J connectivity index is 3.01. The van der Waals surface area contributed by atoms with Crippen LogP contribution in [0, 0.1) is 24.1 Å². The third kappa shape index (κ3) is 2.75. The highest BCUT2D eigenvalue weighted by Crippen LogP contribution is 2.16. The van der Waals surface area contributed by atoms with Crippen molar-refractivity contribution >= 4 is 0 Å². The van der Waals surface area contributed by atoms with E-state index in [0.29, 0.717) is 6.42 Å². The summed E-state index contributed by atoms with van der Waals surface area (Å²) in [6.07, 6.45) is 0.408. The third-order valence-corrected chi connectivity index (χ3v) is 2.26. The van der Waals surface area contributed by atoms with Crippen molar-refractivity contribution in [3.8, 4) is 6.07 Å². The molecule has 1 atom stereocenters. The van der Waals surface area contributed by atoms with Gasteiger partial charge < -0.3 is 10.8 Å². The lowest BCUT2D eigenvalue weighted by Crippen LogP contribution is -2.27. The molecule has 0 fully saturated rings. The van der Waals surface area contributed by atoms with Crippen LogP contribution in [0.5, 0.6) is 0 Å². The highest BCUT2D eigenvalue weighted by atomic mass is 19.1. The molecule has 3 nitrogen and oxygen atoms in total. The first kappa shape index (κ1) is 11.6. The van der Waals surface area contributed by atoms with E-state index in [2.05, 4.69) is 0 Å². The van der Waals surface area contributed by atoms with Crippen molar-refractivity contribution < 1.29 is 9.50 Å². The highest BCUT2D eigenvalue weighted by molar-refractivity contribution is 5.39. The molecule has 80 valence electrons. The second kappa shape index (κ2) is 4.87. The van der Waals surface area contributed by atoms with Gasteiger partial charge in [-0.25, -0.2) is 4.39 Å². The maximum absolute atomic E-state index is 13.3. The van der Waals surface area contributed by atoms with Crippen molar-refractivity contribution in [1.82, 2.24) is 0 Å². The zero-order valence-corrected chi connectivity index (χ0v) is 8.50. The van der Waals surface area contributed by atoms with Gasteiger partial charge in [-0.1, -0.05) is 0 Å². The molecular weight excluding hydrogens is 195 g/mol. The van der Waals surface area contributed by atoms with Gasteiger partial charge in [-0.2, -0.15) is 5.26 Å². The van der Waals surface area contributed by atoms with Crippen LogP contribution in [-0.2, 0) is 6.42 Å². The minimum Gasteiger partial charge on any atom is -0.395 e. The number of nitrogens with zero attached hydrogens (tertiary/aromatic N) is 1. The Bertz CT molecular complexity index is 398. The predicted octanol–water partition coefficient (Wildman–Crippen LogP) is 0.868. The first-order chi connectivity index (χ1) is 7.08. The van der Waals surface area contributed by atoms with Gasteiger partial charge in [0, 0.05) is 6.04 Å². The summed E-state index contributed by atoms with van der Waals surface area (Å²) in [4.78, 5) is 0. The number of nitrogens with two attached hydrogens (primary N) is 1. The van der Waals surface area contributed by atoms with Crippen molar-refractivity contribution in [3.05, 3.63) is 34.6 Å². The number of nitriles is 1. The van der Waals surface area contributed by atoms with Crippen molar-refractivity contribution in [1.29, 1.82) is 5.26 Å². The number of hydrogen-bond donors (Lipinski definition) is 2. The third-order valence-electron chi connectivity index (χ3n) is 2.26. The normalized spacial score (nSPS) is 12.2. The number of hydrogen-bond acceptors (Lipinski definition) is 3. The number of aryl methyl sites for hydroxylation is 1. The molecular formula is C11H13FN2O. The van der Waals surface area contributed by atoms with E-state index in [4.69, 9.17) is 16.1 Å². The Kier molecular flexibility index (Phi) is 3.78. The number of aliphatic hydroxyl groups is 1. The Morgan fingerprint density at radius 3 is 2.80 bits per heavy atom. The molecule has 0 aromatic heterocycles. The molecule has 1 aromatic rings. The molecule has 4 heteroatoms. The van der Waals surface area contributed by atoms with Crippen LogP contribution in [0.15, 0.2) is 12.1 Å². The van der Waals surface area contributed by atoms with Gasteiger partial charge in [-0.3, -0.25) is 0 Å². The summed E-state index contributed by atoms with van der Waals surface area (Å²) in [5.41, 5.74) is 7.14. The second-order valence-corrected chi connectivity index (χ2v) is 3.52. The SMILES string of the molecule is Cc1cc(C#N)c(F)cc1CC(N)CO. The van der Waals surface area contributed by atoms with Crippen LogP contribution >= 0.6 is 0 Å². The van der Waals surface area contributed by atoms with Crippen molar-refractivity contribution in [2.45, 2.75) is 19.4 Å². The number of halogens is 1. The van der Waals surface area contributed by atoms with Crippen molar-refractivity contribution in [3.63, 3.8) is 0 Å². The van der Waals surface area contributed by atoms with Gasteiger partial charge in [-0.05, 0) is 36.6 Å². The molecule has 0 saturated carbocycles. The summed E-state index contributed by atoms with van der Waals surface area (Å²) < 4.78 is 13.3. The van der Waals surface area contributed by atoms with Crippen LogP contribution < -0.4 is 5.73 Å². The molecule has 0 spiro atoms. The van der Waals surface area contributed by atoms with E-state index < -0.39 is 11.9 Å². The van der Waals surface area contributed by atoms with Crippen LogP contribution in [0.3, 0.4) is 0 Å². The van der Waals surface area contributed by atoms with Gasteiger partial charge in [0.2, 0.25) is 0 Å². The van der Waals surface area contributed by atoms with Gasteiger partial charge in [-0.15, -0.1) is 0 Å². The van der Waals surface area contributed by atoms with Crippen LogP contribution in [0.1, 0.15) is 16.7 Å². The van der Waals surface area contributed by atoms with E-state index in [9.17, 15) is 4.39 Å². The Hall–Kier alpha value is -1.44. The highest BCUT2D eigenvalue weighted by Gasteiger charge is 2.09. The monoisotopic (exact) mass is 208 g/mol. The van der Waals surface area contributed by atoms with Crippen molar-refractivity contribution in [2.24, 2.45) is 5.73 Å². The summed E-state index contributed by atoms with van der Waals surface area (Å²) in [7, 11) is 0. The predicted molar refractivity (Wildman–Crippen MR) is 54.6 cm³/mol. The minimum atomic E-state index is -0.539. The molecule has 1 rings (SSSR count). The average molecular weight is 208 g/mol. The molecule has 0 radical (unpaired) electrons. The van der Waals surface area contributed by atoms with Crippen LogP contribution in [-0.4, -0.2) is 17.8 Å². The fourth-order valence-electron chi connectivity index (χ4n) is 1.38. The zero-order valence-electron chi connectivity index (χ0n) is 8.50. The van der Waals surface area contributed by atoms with Crippen molar-refractivity contribution in [2.75, 3.05) is 6.61 Å². The van der Waals surface area contributed by atoms with E-state index >= 15 is 0 Å². The lowest BCUT2D eigenvalue weighted by Gasteiger charge is -2.11.